The highest BCUT2D eigenvalue weighted by Crippen LogP contribution is 2.28. The van der Waals surface area contributed by atoms with Crippen molar-refractivity contribution in [3.8, 4) is 11.5 Å². The molecule has 0 heterocycles. The van der Waals surface area contributed by atoms with Crippen LogP contribution in [0.25, 0.3) is 0 Å². The van der Waals surface area contributed by atoms with Crippen molar-refractivity contribution >= 4 is 21.6 Å². The number of methoxy groups -OCH3 is 1. The highest BCUT2D eigenvalue weighted by molar-refractivity contribution is 9.10. The first-order valence-electron chi connectivity index (χ1n) is 5.65. The molecule has 2 aromatic carbocycles. The summed E-state index contributed by atoms with van der Waals surface area (Å²) < 4.78 is 19.2. The average molecular weight is 326 g/mol. The highest BCUT2D eigenvalue weighted by Gasteiger charge is 2.07. The van der Waals surface area contributed by atoms with Crippen LogP contribution in [0.1, 0.15) is 5.56 Å². The molecule has 5 heteroatoms. The fraction of sp³-hybridized carbons (Fsp3) is 0.143. The second-order valence-corrected chi connectivity index (χ2v) is 4.80. The number of phenols is 1. The third-order valence-electron chi connectivity index (χ3n) is 2.70. The van der Waals surface area contributed by atoms with E-state index < -0.39 is 5.82 Å². The Morgan fingerprint density at radius 1 is 1.32 bits per heavy atom. The number of phenolic OH excluding ortho intramolecular Hbond substituents is 1. The molecule has 0 radical (unpaired) electrons. The zero-order chi connectivity index (χ0) is 13.8. The van der Waals surface area contributed by atoms with Gasteiger partial charge in [0.1, 0.15) is 5.75 Å². The van der Waals surface area contributed by atoms with E-state index in [0.29, 0.717) is 17.9 Å². The van der Waals surface area contributed by atoms with Crippen LogP contribution < -0.4 is 10.1 Å². The molecule has 3 nitrogen and oxygen atoms in total. The molecule has 2 rings (SSSR count). The standard InChI is InChI=1S/C14H13BrFNO2/c1-19-13-7-10(5-6-11(13)15)17-8-9-3-2-4-12(16)14(9)18/h2-7,17-18H,8H2,1H3. The Balaban J connectivity index is 2.12. The molecule has 2 N–H and O–H groups in total. The zero-order valence-electron chi connectivity index (χ0n) is 10.3. The predicted octanol–water partition coefficient (Wildman–Crippen LogP) is 3.91. The number of rotatable bonds is 4. The average Bonchev–Trinajstić information content (AvgIpc) is 2.42. The lowest BCUT2D eigenvalue weighted by molar-refractivity contribution is 0.412. The van der Waals surface area contributed by atoms with Crippen molar-refractivity contribution in [2.24, 2.45) is 0 Å². The van der Waals surface area contributed by atoms with Gasteiger partial charge in [0.25, 0.3) is 0 Å². The van der Waals surface area contributed by atoms with Crippen molar-refractivity contribution in [2.45, 2.75) is 6.54 Å². The molecule has 0 fully saturated rings. The number of halogens is 2. The maximum absolute atomic E-state index is 13.2. The normalized spacial score (nSPS) is 10.3. The summed E-state index contributed by atoms with van der Waals surface area (Å²) in [6, 6.07) is 9.99. The van der Waals surface area contributed by atoms with Crippen molar-refractivity contribution in [3.05, 3.63) is 52.3 Å². The van der Waals surface area contributed by atoms with Gasteiger partial charge in [-0.1, -0.05) is 12.1 Å². The molecule has 0 aliphatic carbocycles. The van der Waals surface area contributed by atoms with E-state index in [2.05, 4.69) is 21.2 Å². The van der Waals surface area contributed by atoms with Crippen molar-refractivity contribution < 1.29 is 14.2 Å². The second-order valence-electron chi connectivity index (χ2n) is 3.95. The number of aromatic hydroxyl groups is 1. The predicted molar refractivity (Wildman–Crippen MR) is 76.1 cm³/mol. The van der Waals surface area contributed by atoms with E-state index in [4.69, 9.17) is 4.74 Å². The Morgan fingerprint density at radius 3 is 2.84 bits per heavy atom. The molecule has 0 bridgehead atoms. The van der Waals surface area contributed by atoms with Crippen LogP contribution in [0, 0.1) is 5.82 Å². The minimum Gasteiger partial charge on any atom is -0.505 e. The van der Waals surface area contributed by atoms with Gasteiger partial charge in [0.05, 0.1) is 11.6 Å². The van der Waals surface area contributed by atoms with Gasteiger partial charge < -0.3 is 15.2 Å². The van der Waals surface area contributed by atoms with E-state index >= 15 is 0 Å². The number of benzene rings is 2. The van der Waals surface area contributed by atoms with Gasteiger partial charge in [-0.05, 0) is 34.1 Å². The Morgan fingerprint density at radius 2 is 2.11 bits per heavy atom. The minimum absolute atomic E-state index is 0.320. The molecule has 19 heavy (non-hydrogen) atoms. The fourth-order valence-electron chi connectivity index (χ4n) is 1.67. The molecule has 0 atom stereocenters. The van der Waals surface area contributed by atoms with E-state index in [9.17, 15) is 9.50 Å². The van der Waals surface area contributed by atoms with Crippen molar-refractivity contribution in [1.82, 2.24) is 0 Å². The van der Waals surface area contributed by atoms with E-state index in [1.165, 1.54) is 6.07 Å². The Hall–Kier alpha value is -1.75. The van der Waals surface area contributed by atoms with Crippen LogP contribution in [0.2, 0.25) is 0 Å². The summed E-state index contributed by atoms with van der Waals surface area (Å²) in [4.78, 5) is 0. The third-order valence-corrected chi connectivity index (χ3v) is 3.36. The highest BCUT2D eigenvalue weighted by atomic mass is 79.9. The van der Waals surface area contributed by atoms with Gasteiger partial charge in [-0.3, -0.25) is 0 Å². The lowest BCUT2D eigenvalue weighted by Crippen LogP contribution is -2.00. The number of para-hydroxylation sites is 1. The van der Waals surface area contributed by atoms with Gasteiger partial charge in [0.15, 0.2) is 11.6 Å². The molecule has 0 aliphatic rings. The largest absolute Gasteiger partial charge is 0.505 e. The molecule has 0 aliphatic heterocycles. The summed E-state index contributed by atoms with van der Waals surface area (Å²) in [7, 11) is 1.59. The molecule has 0 saturated heterocycles. The first-order chi connectivity index (χ1) is 9.11. The minimum atomic E-state index is -0.618. The zero-order valence-corrected chi connectivity index (χ0v) is 11.9. The lowest BCUT2D eigenvalue weighted by Gasteiger charge is -2.10. The molecule has 0 aromatic heterocycles. The van der Waals surface area contributed by atoms with Crippen LogP contribution in [0.3, 0.4) is 0 Å². The molecule has 0 saturated carbocycles. The van der Waals surface area contributed by atoms with Crippen molar-refractivity contribution in [1.29, 1.82) is 0 Å². The van der Waals surface area contributed by atoms with Gasteiger partial charge in [-0.25, -0.2) is 4.39 Å². The van der Waals surface area contributed by atoms with Gasteiger partial charge in [0, 0.05) is 23.9 Å². The van der Waals surface area contributed by atoms with Gasteiger partial charge in [-0.2, -0.15) is 0 Å². The van der Waals surface area contributed by atoms with E-state index in [-0.39, 0.29) is 5.75 Å². The first kappa shape index (κ1) is 13.7. The number of anilines is 1. The second kappa shape index (κ2) is 5.93. The molecular formula is C14H13BrFNO2. The van der Waals surface area contributed by atoms with Gasteiger partial charge in [-0.15, -0.1) is 0 Å². The summed E-state index contributed by atoms with van der Waals surface area (Å²) in [5.41, 5.74) is 1.32. The smallest absolute Gasteiger partial charge is 0.165 e. The van der Waals surface area contributed by atoms with Crippen LogP contribution in [0.5, 0.6) is 11.5 Å². The number of hydrogen-bond donors (Lipinski definition) is 2. The van der Waals surface area contributed by atoms with Crippen molar-refractivity contribution in [2.75, 3.05) is 12.4 Å². The Bertz CT molecular complexity index is 590. The van der Waals surface area contributed by atoms with Crippen LogP contribution in [0.4, 0.5) is 10.1 Å². The Kier molecular flexibility index (Phi) is 4.27. The molecular weight excluding hydrogens is 313 g/mol. The fourth-order valence-corrected chi connectivity index (χ4v) is 2.08. The summed E-state index contributed by atoms with van der Waals surface area (Å²) in [5, 5.41) is 12.7. The SMILES string of the molecule is COc1cc(NCc2cccc(F)c2O)ccc1Br. The van der Waals surface area contributed by atoms with Gasteiger partial charge in [0.2, 0.25) is 0 Å². The molecule has 0 amide bonds. The summed E-state index contributed by atoms with van der Waals surface area (Å²) >= 11 is 3.37. The summed E-state index contributed by atoms with van der Waals surface area (Å²) in [6.45, 7) is 0.328. The molecule has 0 unspecified atom stereocenters. The third kappa shape index (κ3) is 3.17. The monoisotopic (exact) mass is 325 g/mol. The molecule has 0 spiro atoms. The number of nitrogens with one attached hydrogen (secondary N) is 1. The van der Waals surface area contributed by atoms with Crippen LogP contribution in [0.15, 0.2) is 40.9 Å². The topological polar surface area (TPSA) is 41.5 Å². The van der Waals surface area contributed by atoms with E-state index in [1.54, 1.807) is 19.2 Å². The molecule has 100 valence electrons. The maximum atomic E-state index is 13.2. The summed E-state index contributed by atoms with van der Waals surface area (Å²) in [5.74, 6) is -0.236. The maximum Gasteiger partial charge on any atom is 0.165 e. The summed E-state index contributed by atoms with van der Waals surface area (Å²) in [6.07, 6.45) is 0. The number of ether oxygens (including phenoxy) is 1. The van der Waals surface area contributed by atoms with Crippen molar-refractivity contribution in [3.63, 3.8) is 0 Å². The number of hydrogen-bond acceptors (Lipinski definition) is 3. The van der Waals surface area contributed by atoms with Crippen LogP contribution in [-0.4, -0.2) is 12.2 Å². The van der Waals surface area contributed by atoms with E-state index in [0.717, 1.165) is 10.2 Å². The van der Waals surface area contributed by atoms with Crippen LogP contribution >= 0.6 is 15.9 Å². The van der Waals surface area contributed by atoms with Gasteiger partial charge >= 0.3 is 0 Å². The first-order valence-corrected chi connectivity index (χ1v) is 6.45. The molecule has 2 aromatic rings. The Labute approximate surface area is 119 Å². The van der Waals surface area contributed by atoms with E-state index in [1.807, 2.05) is 18.2 Å². The quantitative estimate of drug-likeness (QED) is 0.895. The van der Waals surface area contributed by atoms with Crippen LogP contribution in [-0.2, 0) is 6.54 Å². The lowest BCUT2D eigenvalue weighted by atomic mass is 10.2.